The number of nitrogens with two attached hydrogens (primary N) is 1. The maximum absolute atomic E-state index is 6.06. The molecule has 1 aliphatic rings. The van der Waals surface area contributed by atoms with Crippen molar-refractivity contribution >= 4 is 5.82 Å². The Morgan fingerprint density at radius 2 is 2.00 bits per heavy atom. The van der Waals surface area contributed by atoms with Crippen molar-refractivity contribution in [1.82, 2.24) is 4.98 Å². The summed E-state index contributed by atoms with van der Waals surface area (Å²) in [6, 6.07) is 14.8. The Morgan fingerprint density at radius 3 is 2.75 bits per heavy atom. The van der Waals surface area contributed by atoms with Crippen LogP contribution >= 0.6 is 0 Å². The van der Waals surface area contributed by atoms with Crippen LogP contribution in [0.5, 0.6) is 0 Å². The lowest BCUT2D eigenvalue weighted by Gasteiger charge is -2.22. The number of aromatic nitrogens is 1. The second-order valence-electron chi connectivity index (χ2n) is 5.55. The quantitative estimate of drug-likeness (QED) is 0.929. The van der Waals surface area contributed by atoms with Crippen LogP contribution in [-0.4, -0.2) is 18.1 Å². The molecule has 2 aromatic rings. The minimum atomic E-state index is 0.0227. The highest BCUT2D eigenvalue weighted by Crippen LogP contribution is 2.32. The highest BCUT2D eigenvalue weighted by atomic mass is 15.2. The third-order valence-corrected chi connectivity index (χ3v) is 4.07. The number of anilines is 1. The summed E-state index contributed by atoms with van der Waals surface area (Å²) in [5, 5.41) is 0. The zero-order chi connectivity index (χ0) is 13.9. The molecule has 1 aromatic carbocycles. The number of pyridine rings is 1. The van der Waals surface area contributed by atoms with Crippen LogP contribution in [-0.2, 0) is 0 Å². The molecule has 0 bridgehead atoms. The first kappa shape index (κ1) is 13.1. The van der Waals surface area contributed by atoms with E-state index in [1.807, 2.05) is 19.2 Å². The van der Waals surface area contributed by atoms with E-state index < -0.39 is 0 Å². The SMILES string of the molecule is C[C@@H](N)c1cccnc1N1CCC(c2ccccc2)C1. The molecule has 3 rings (SSSR count). The standard InChI is InChI=1S/C17H21N3/c1-13(18)16-8-5-10-19-17(16)20-11-9-15(12-20)14-6-3-2-4-7-14/h2-8,10,13,15H,9,11-12,18H2,1H3/t13-,15?/m1/s1. The van der Waals surface area contributed by atoms with E-state index in [2.05, 4.69) is 46.3 Å². The average Bonchev–Trinajstić information content (AvgIpc) is 2.98. The minimum Gasteiger partial charge on any atom is -0.356 e. The van der Waals surface area contributed by atoms with Crippen molar-refractivity contribution in [1.29, 1.82) is 0 Å². The van der Waals surface area contributed by atoms with Crippen molar-refractivity contribution in [3.8, 4) is 0 Å². The fourth-order valence-electron chi connectivity index (χ4n) is 2.98. The van der Waals surface area contributed by atoms with Crippen molar-refractivity contribution in [3.63, 3.8) is 0 Å². The van der Waals surface area contributed by atoms with Crippen LogP contribution in [0.15, 0.2) is 48.7 Å². The van der Waals surface area contributed by atoms with E-state index in [9.17, 15) is 0 Å². The van der Waals surface area contributed by atoms with Crippen LogP contribution in [0.25, 0.3) is 0 Å². The normalized spacial score (nSPS) is 20.1. The van der Waals surface area contributed by atoms with Crippen molar-refractivity contribution in [2.45, 2.75) is 25.3 Å². The van der Waals surface area contributed by atoms with E-state index >= 15 is 0 Å². The smallest absolute Gasteiger partial charge is 0.133 e. The summed E-state index contributed by atoms with van der Waals surface area (Å²) in [5.74, 6) is 1.65. The Kier molecular flexibility index (Phi) is 3.70. The lowest BCUT2D eigenvalue weighted by molar-refractivity contribution is 0.768. The predicted octanol–water partition coefficient (Wildman–Crippen LogP) is 3.10. The van der Waals surface area contributed by atoms with E-state index in [4.69, 9.17) is 5.73 Å². The van der Waals surface area contributed by atoms with E-state index in [-0.39, 0.29) is 6.04 Å². The fourth-order valence-corrected chi connectivity index (χ4v) is 2.98. The van der Waals surface area contributed by atoms with Gasteiger partial charge in [0.25, 0.3) is 0 Å². The van der Waals surface area contributed by atoms with E-state index in [1.165, 1.54) is 12.0 Å². The van der Waals surface area contributed by atoms with Gasteiger partial charge in [0.2, 0.25) is 0 Å². The Bertz CT molecular complexity index is 565. The summed E-state index contributed by atoms with van der Waals surface area (Å²) in [6.45, 7) is 4.10. The lowest BCUT2D eigenvalue weighted by Crippen LogP contribution is -2.23. The monoisotopic (exact) mass is 267 g/mol. The van der Waals surface area contributed by atoms with Crippen molar-refractivity contribution in [2.75, 3.05) is 18.0 Å². The lowest BCUT2D eigenvalue weighted by atomic mass is 9.99. The molecule has 0 spiro atoms. The Morgan fingerprint density at radius 1 is 1.20 bits per heavy atom. The van der Waals surface area contributed by atoms with Crippen LogP contribution in [0.4, 0.5) is 5.82 Å². The first-order valence-electron chi connectivity index (χ1n) is 7.26. The largest absolute Gasteiger partial charge is 0.356 e. The molecule has 20 heavy (non-hydrogen) atoms. The van der Waals surface area contributed by atoms with Crippen LogP contribution < -0.4 is 10.6 Å². The molecule has 1 fully saturated rings. The molecular formula is C17H21N3. The van der Waals surface area contributed by atoms with Crippen LogP contribution in [0.2, 0.25) is 0 Å². The summed E-state index contributed by atoms with van der Waals surface area (Å²) in [6.07, 6.45) is 3.04. The first-order valence-corrected chi connectivity index (χ1v) is 7.26. The van der Waals surface area contributed by atoms with Gasteiger partial charge in [-0.15, -0.1) is 0 Å². The molecule has 104 valence electrons. The number of rotatable bonds is 3. The molecule has 1 unspecified atom stereocenters. The van der Waals surface area contributed by atoms with Crippen LogP contribution in [0.3, 0.4) is 0 Å². The molecule has 1 aliphatic heterocycles. The first-order chi connectivity index (χ1) is 9.75. The van der Waals surface area contributed by atoms with Crippen molar-refractivity contribution in [2.24, 2.45) is 5.73 Å². The molecular weight excluding hydrogens is 246 g/mol. The maximum atomic E-state index is 6.06. The van der Waals surface area contributed by atoms with Gasteiger partial charge in [-0.2, -0.15) is 0 Å². The van der Waals surface area contributed by atoms with Gasteiger partial charge >= 0.3 is 0 Å². The second-order valence-corrected chi connectivity index (χ2v) is 5.55. The van der Waals surface area contributed by atoms with E-state index in [0.717, 1.165) is 24.5 Å². The number of benzene rings is 1. The van der Waals surface area contributed by atoms with Gasteiger partial charge in [-0.25, -0.2) is 4.98 Å². The van der Waals surface area contributed by atoms with Gasteiger partial charge in [0, 0.05) is 36.8 Å². The average molecular weight is 267 g/mol. The Balaban J connectivity index is 1.81. The summed E-state index contributed by atoms with van der Waals surface area (Å²) in [4.78, 5) is 6.93. The Hall–Kier alpha value is -1.87. The second kappa shape index (κ2) is 5.63. The summed E-state index contributed by atoms with van der Waals surface area (Å²) in [5.41, 5.74) is 8.63. The topological polar surface area (TPSA) is 42.1 Å². The highest BCUT2D eigenvalue weighted by molar-refractivity contribution is 5.50. The van der Waals surface area contributed by atoms with Gasteiger partial charge in [-0.3, -0.25) is 0 Å². The highest BCUT2D eigenvalue weighted by Gasteiger charge is 2.26. The molecule has 1 saturated heterocycles. The number of nitrogens with zero attached hydrogens (tertiary/aromatic N) is 2. The molecule has 2 N–H and O–H groups in total. The van der Waals surface area contributed by atoms with Gasteiger partial charge < -0.3 is 10.6 Å². The summed E-state index contributed by atoms with van der Waals surface area (Å²) < 4.78 is 0. The van der Waals surface area contributed by atoms with E-state index in [1.54, 1.807) is 0 Å². The van der Waals surface area contributed by atoms with Crippen LogP contribution in [0, 0.1) is 0 Å². The molecule has 1 aromatic heterocycles. The third-order valence-electron chi connectivity index (χ3n) is 4.07. The maximum Gasteiger partial charge on any atom is 0.133 e. The molecule has 0 radical (unpaired) electrons. The predicted molar refractivity (Wildman–Crippen MR) is 82.9 cm³/mol. The summed E-state index contributed by atoms with van der Waals surface area (Å²) >= 11 is 0. The fraction of sp³-hybridized carbons (Fsp3) is 0.353. The number of hydrogen-bond acceptors (Lipinski definition) is 3. The molecule has 0 saturated carbocycles. The van der Waals surface area contributed by atoms with Gasteiger partial charge in [-0.1, -0.05) is 36.4 Å². The van der Waals surface area contributed by atoms with Crippen molar-refractivity contribution in [3.05, 3.63) is 59.8 Å². The third kappa shape index (κ3) is 2.54. The molecule has 2 heterocycles. The van der Waals surface area contributed by atoms with Gasteiger partial charge in [0.05, 0.1) is 0 Å². The van der Waals surface area contributed by atoms with E-state index in [0.29, 0.717) is 5.92 Å². The summed E-state index contributed by atoms with van der Waals surface area (Å²) in [7, 11) is 0. The molecule has 0 amide bonds. The molecule has 3 nitrogen and oxygen atoms in total. The number of hydrogen-bond donors (Lipinski definition) is 1. The molecule has 3 heteroatoms. The molecule has 0 aliphatic carbocycles. The van der Waals surface area contributed by atoms with Crippen LogP contribution in [0.1, 0.15) is 36.4 Å². The van der Waals surface area contributed by atoms with Gasteiger partial charge in [0.1, 0.15) is 5.82 Å². The molecule has 2 atom stereocenters. The van der Waals surface area contributed by atoms with Gasteiger partial charge in [0.15, 0.2) is 0 Å². The Labute approximate surface area is 120 Å². The van der Waals surface area contributed by atoms with Gasteiger partial charge in [-0.05, 0) is 25.0 Å². The minimum absolute atomic E-state index is 0.0227. The van der Waals surface area contributed by atoms with Crippen molar-refractivity contribution < 1.29 is 0 Å². The zero-order valence-electron chi connectivity index (χ0n) is 11.9. The zero-order valence-corrected chi connectivity index (χ0v) is 11.9.